The van der Waals surface area contributed by atoms with Gasteiger partial charge < -0.3 is 10.4 Å². The standard InChI is InChI=1S/C10H16N2OS/c1-10(7-13,9-11-4-5-14-9)12-6-8-2-3-8/h4-5,8,12-13H,2-3,6-7H2,1H3. The molecule has 0 radical (unpaired) electrons. The van der Waals surface area contributed by atoms with E-state index in [9.17, 15) is 5.11 Å². The Morgan fingerprint density at radius 1 is 1.71 bits per heavy atom. The van der Waals surface area contributed by atoms with Gasteiger partial charge in [0.2, 0.25) is 0 Å². The highest BCUT2D eigenvalue weighted by molar-refractivity contribution is 7.09. The number of aliphatic hydroxyl groups is 1. The second-order valence-corrected chi connectivity index (χ2v) is 5.05. The SMILES string of the molecule is CC(CO)(NCC1CC1)c1nccs1. The van der Waals surface area contributed by atoms with E-state index in [0.717, 1.165) is 17.5 Å². The first-order valence-electron chi connectivity index (χ1n) is 5.00. The Hall–Kier alpha value is -0.450. The van der Waals surface area contributed by atoms with Crippen molar-refractivity contribution in [3.63, 3.8) is 0 Å². The van der Waals surface area contributed by atoms with Gasteiger partial charge in [0.05, 0.1) is 12.1 Å². The Labute approximate surface area is 88.2 Å². The van der Waals surface area contributed by atoms with Crippen LogP contribution < -0.4 is 5.32 Å². The molecule has 0 aliphatic heterocycles. The first-order chi connectivity index (χ1) is 6.74. The van der Waals surface area contributed by atoms with E-state index in [4.69, 9.17) is 0 Å². The van der Waals surface area contributed by atoms with Crippen molar-refractivity contribution in [1.29, 1.82) is 0 Å². The number of thiazole rings is 1. The van der Waals surface area contributed by atoms with Gasteiger partial charge in [0, 0.05) is 11.6 Å². The smallest absolute Gasteiger partial charge is 0.115 e. The number of hydrogen-bond acceptors (Lipinski definition) is 4. The maximum absolute atomic E-state index is 9.39. The zero-order valence-electron chi connectivity index (χ0n) is 8.36. The number of aliphatic hydroxyl groups excluding tert-OH is 1. The maximum atomic E-state index is 9.39. The van der Waals surface area contributed by atoms with Gasteiger partial charge in [-0.3, -0.25) is 0 Å². The van der Waals surface area contributed by atoms with E-state index < -0.39 is 0 Å². The third-order valence-corrected chi connectivity index (χ3v) is 3.74. The summed E-state index contributed by atoms with van der Waals surface area (Å²) in [4.78, 5) is 4.25. The third-order valence-electron chi connectivity index (χ3n) is 2.70. The molecule has 78 valence electrons. The molecule has 0 spiro atoms. The number of hydrogen-bond donors (Lipinski definition) is 2. The van der Waals surface area contributed by atoms with Crippen LogP contribution in [0, 0.1) is 5.92 Å². The molecule has 1 aromatic rings. The highest BCUT2D eigenvalue weighted by Gasteiger charge is 2.31. The summed E-state index contributed by atoms with van der Waals surface area (Å²) in [6.45, 7) is 3.11. The molecule has 3 nitrogen and oxygen atoms in total. The second kappa shape index (κ2) is 3.96. The van der Waals surface area contributed by atoms with E-state index in [-0.39, 0.29) is 12.1 Å². The summed E-state index contributed by atoms with van der Waals surface area (Å²) in [5.41, 5.74) is -0.350. The quantitative estimate of drug-likeness (QED) is 0.774. The second-order valence-electron chi connectivity index (χ2n) is 4.15. The molecule has 4 heteroatoms. The monoisotopic (exact) mass is 212 g/mol. The van der Waals surface area contributed by atoms with Crippen molar-refractivity contribution < 1.29 is 5.11 Å². The van der Waals surface area contributed by atoms with Crippen LogP contribution >= 0.6 is 11.3 Å². The van der Waals surface area contributed by atoms with Gasteiger partial charge in [-0.2, -0.15) is 0 Å². The Morgan fingerprint density at radius 3 is 3.00 bits per heavy atom. The van der Waals surface area contributed by atoms with Crippen molar-refractivity contribution in [3.8, 4) is 0 Å². The molecule has 2 rings (SSSR count). The summed E-state index contributed by atoms with van der Waals surface area (Å²) in [5.74, 6) is 0.820. The largest absolute Gasteiger partial charge is 0.394 e. The molecule has 1 unspecified atom stereocenters. The van der Waals surface area contributed by atoms with Crippen LogP contribution in [0.2, 0.25) is 0 Å². The fourth-order valence-corrected chi connectivity index (χ4v) is 2.16. The summed E-state index contributed by atoms with van der Waals surface area (Å²) >= 11 is 1.59. The number of nitrogens with zero attached hydrogens (tertiary/aromatic N) is 1. The first-order valence-corrected chi connectivity index (χ1v) is 5.88. The molecule has 0 bridgehead atoms. The predicted octanol–water partition coefficient (Wildman–Crippen LogP) is 1.35. The van der Waals surface area contributed by atoms with Crippen LogP contribution in [0.5, 0.6) is 0 Å². The summed E-state index contributed by atoms with van der Waals surface area (Å²) in [6, 6.07) is 0. The minimum Gasteiger partial charge on any atom is -0.394 e. The molecular formula is C10H16N2OS. The molecule has 1 fully saturated rings. The number of aromatic nitrogens is 1. The fraction of sp³-hybridized carbons (Fsp3) is 0.700. The molecule has 1 atom stereocenters. The van der Waals surface area contributed by atoms with E-state index in [1.54, 1.807) is 17.5 Å². The van der Waals surface area contributed by atoms with E-state index in [0.29, 0.717) is 0 Å². The lowest BCUT2D eigenvalue weighted by atomic mass is 10.1. The van der Waals surface area contributed by atoms with Gasteiger partial charge in [0.15, 0.2) is 0 Å². The van der Waals surface area contributed by atoms with Crippen LogP contribution in [-0.4, -0.2) is 23.2 Å². The average Bonchev–Trinajstić information content (AvgIpc) is 2.87. The zero-order chi connectivity index (χ0) is 10.0. The van der Waals surface area contributed by atoms with Crippen LogP contribution in [0.3, 0.4) is 0 Å². The molecule has 0 amide bonds. The lowest BCUT2D eigenvalue weighted by Gasteiger charge is -2.26. The average molecular weight is 212 g/mol. The molecule has 1 heterocycles. The Morgan fingerprint density at radius 2 is 2.50 bits per heavy atom. The van der Waals surface area contributed by atoms with Gasteiger partial charge in [-0.05, 0) is 32.2 Å². The van der Waals surface area contributed by atoms with E-state index in [1.165, 1.54) is 12.8 Å². The summed E-state index contributed by atoms with van der Waals surface area (Å²) in [7, 11) is 0. The Balaban J connectivity index is 2.00. The van der Waals surface area contributed by atoms with Crippen molar-refractivity contribution in [1.82, 2.24) is 10.3 Å². The molecule has 0 aromatic carbocycles. The topological polar surface area (TPSA) is 45.1 Å². The van der Waals surface area contributed by atoms with Crippen LogP contribution in [0.4, 0.5) is 0 Å². The van der Waals surface area contributed by atoms with Gasteiger partial charge in [0.1, 0.15) is 5.01 Å². The molecule has 1 aliphatic carbocycles. The van der Waals surface area contributed by atoms with Crippen LogP contribution in [0.1, 0.15) is 24.8 Å². The lowest BCUT2D eigenvalue weighted by Crippen LogP contribution is -2.43. The summed E-state index contributed by atoms with van der Waals surface area (Å²) in [6.07, 6.45) is 4.44. The van der Waals surface area contributed by atoms with E-state index in [2.05, 4.69) is 10.3 Å². The first kappa shape index (κ1) is 10.1. The van der Waals surface area contributed by atoms with Gasteiger partial charge in [-0.1, -0.05) is 0 Å². The van der Waals surface area contributed by atoms with Crippen molar-refractivity contribution in [3.05, 3.63) is 16.6 Å². The lowest BCUT2D eigenvalue weighted by molar-refractivity contribution is 0.173. The Bertz CT molecular complexity index is 284. The minimum atomic E-state index is -0.350. The molecule has 1 saturated carbocycles. The van der Waals surface area contributed by atoms with Crippen molar-refractivity contribution >= 4 is 11.3 Å². The normalized spacial score (nSPS) is 20.7. The highest BCUT2D eigenvalue weighted by Crippen LogP contribution is 2.30. The summed E-state index contributed by atoms with van der Waals surface area (Å²) in [5, 5.41) is 15.7. The molecule has 2 N–H and O–H groups in total. The van der Waals surface area contributed by atoms with Crippen molar-refractivity contribution in [2.45, 2.75) is 25.3 Å². The molecule has 14 heavy (non-hydrogen) atoms. The zero-order valence-corrected chi connectivity index (χ0v) is 9.18. The minimum absolute atomic E-state index is 0.104. The van der Waals surface area contributed by atoms with E-state index in [1.807, 2.05) is 12.3 Å². The Kier molecular flexibility index (Phi) is 2.85. The van der Waals surface area contributed by atoms with Gasteiger partial charge >= 0.3 is 0 Å². The number of rotatable bonds is 5. The molecule has 0 saturated heterocycles. The third kappa shape index (κ3) is 2.13. The van der Waals surface area contributed by atoms with Gasteiger partial charge in [0.25, 0.3) is 0 Å². The molecule has 1 aromatic heterocycles. The van der Waals surface area contributed by atoms with Crippen molar-refractivity contribution in [2.75, 3.05) is 13.2 Å². The molecular weight excluding hydrogens is 196 g/mol. The summed E-state index contributed by atoms with van der Waals surface area (Å²) < 4.78 is 0. The van der Waals surface area contributed by atoms with Gasteiger partial charge in [-0.25, -0.2) is 4.98 Å². The fourth-order valence-electron chi connectivity index (χ4n) is 1.39. The van der Waals surface area contributed by atoms with Crippen molar-refractivity contribution in [2.24, 2.45) is 5.92 Å². The highest BCUT2D eigenvalue weighted by atomic mass is 32.1. The van der Waals surface area contributed by atoms with E-state index >= 15 is 0 Å². The maximum Gasteiger partial charge on any atom is 0.115 e. The van der Waals surface area contributed by atoms with Crippen LogP contribution in [0.15, 0.2) is 11.6 Å². The number of nitrogens with one attached hydrogen (secondary N) is 1. The van der Waals surface area contributed by atoms with Crippen LogP contribution in [-0.2, 0) is 5.54 Å². The van der Waals surface area contributed by atoms with Crippen LogP contribution in [0.25, 0.3) is 0 Å². The van der Waals surface area contributed by atoms with Gasteiger partial charge in [-0.15, -0.1) is 11.3 Å². The predicted molar refractivity (Wildman–Crippen MR) is 57.3 cm³/mol. The molecule has 1 aliphatic rings.